The molecule has 1 aliphatic heterocycles. The first-order valence-electron chi connectivity index (χ1n) is 9.26. The van der Waals surface area contributed by atoms with Crippen LogP contribution in [0.5, 0.6) is 0 Å². The Bertz CT molecular complexity index is 1000. The Morgan fingerprint density at radius 2 is 1.79 bits per heavy atom. The smallest absolute Gasteiger partial charge is 0.261 e. The molecule has 2 aromatic heterocycles. The average molecular weight is 394 g/mol. The molecule has 1 fully saturated rings. The fraction of sp³-hybridized carbons (Fsp3) is 0.300. The predicted octanol–water partition coefficient (Wildman–Crippen LogP) is 3.19. The molecule has 8 heteroatoms. The van der Waals surface area contributed by atoms with Crippen LogP contribution in [0.1, 0.15) is 51.1 Å². The number of hydrogen-bond donors (Lipinski definition) is 0. The summed E-state index contributed by atoms with van der Waals surface area (Å²) in [6, 6.07) is 10.8. The van der Waals surface area contributed by atoms with Crippen molar-refractivity contribution in [3.8, 4) is 0 Å². The molecule has 1 aromatic carbocycles. The van der Waals surface area contributed by atoms with E-state index in [9.17, 15) is 9.59 Å². The molecule has 0 bridgehead atoms. The highest BCUT2D eigenvalue weighted by Crippen LogP contribution is 2.40. The van der Waals surface area contributed by atoms with Gasteiger partial charge in [0.2, 0.25) is 0 Å². The number of imide groups is 1. The summed E-state index contributed by atoms with van der Waals surface area (Å²) in [6.45, 7) is 0.921. The van der Waals surface area contributed by atoms with Gasteiger partial charge in [-0.2, -0.15) is 0 Å². The maximum Gasteiger partial charge on any atom is 0.261 e. The first kappa shape index (κ1) is 17.2. The van der Waals surface area contributed by atoms with E-state index in [4.69, 9.17) is 4.42 Å². The molecule has 0 spiro atoms. The summed E-state index contributed by atoms with van der Waals surface area (Å²) in [6.07, 6.45) is 3.93. The highest BCUT2D eigenvalue weighted by atomic mass is 32.2. The van der Waals surface area contributed by atoms with Crippen molar-refractivity contribution in [2.75, 3.05) is 12.3 Å². The molecule has 2 aliphatic rings. The Morgan fingerprint density at radius 1 is 1.04 bits per heavy atom. The molecule has 5 rings (SSSR count). The number of furan rings is 1. The zero-order valence-electron chi connectivity index (χ0n) is 15.1. The van der Waals surface area contributed by atoms with E-state index in [0.29, 0.717) is 35.9 Å². The molecule has 7 nitrogen and oxygen atoms in total. The van der Waals surface area contributed by atoms with Crippen molar-refractivity contribution in [1.82, 2.24) is 19.7 Å². The number of rotatable bonds is 7. The first-order chi connectivity index (χ1) is 13.7. The molecule has 0 atom stereocenters. The largest absolute Gasteiger partial charge is 0.467 e. The highest BCUT2D eigenvalue weighted by molar-refractivity contribution is 7.99. The summed E-state index contributed by atoms with van der Waals surface area (Å²) in [5.41, 5.74) is 0.962. The minimum absolute atomic E-state index is 0.225. The molecular weight excluding hydrogens is 376 g/mol. The van der Waals surface area contributed by atoms with E-state index in [1.54, 1.807) is 30.5 Å². The molecule has 2 amide bonds. The minimum atomic E-state index is -0.225. The maximum atomic E-state index is 12.5. The molecule has 1 saturated carbocycles. The van der Waals surface area contributed by atoms with Gasteiger partial charge in [0.05, 0.1) is 23.9 Å². The van der Waals surface area contributed by atoms with Crippen molar-refractivity contribution in [3.05, 3.63) is 65.4 Å². The molecule has 28 heavy (non-hydrogen) atoms. The summed E-state index contributed by atoms with van der Waals surface area (Å²) >= 11 is 1.51. The minimum Gasteiger partial charge on any atom is -0.467 e. The normalized spacial score (nSPS) is 16.1. The van der Waals surface area contributed by atoms with Crippen molar-refractivity contribution in [2.24, 2.45) is 0 Å². The van der Waals surface area contributed by atoms with Crippen molar-refractivity contribution in [2.45, 2.75) is 30.5 Å². The van der Waals surface area contributed by atoms with Gasteiger partial charge >= 0.3 is 0 Å². The molecule has 142 valence electrons. The van der Waals surface area contributed by atoms with Gasteiger partial charge in [-0.3, -0.25) is 19.1 Å². The lowest BCUT2D eigenvalue weighted by atomic mass is 10.1. The van der Waals surface area contributed by atoms with E-state index >= 15 is 0 Å². The van der Waals surface area contributed by atoms with Crippen LogP contribution in [0.4, 0.5) is 0 Å². The van der Waals surface area contributed by atoms with E-state index in [1.807, 2.05) is 12.1 Å². The van der Waals surface area contributed by atoms with Gasteiger partial charge in [-0.1, -0.05) is 23.9 Å². The SMILES string of the molecule is O=C1c2ccccc2C(=O)N1CCSc1nnc(C2CC2)n1Cc1ccco1. The molecule has 0 radical (unpaired) electrons. The number of nitrogens with zero attached hydrogens (tertiary/aromatic N) is 4. The van der Waals surface area contributed by atoms with Crippen molar-refractivity contribution in [3.63, 3.8) is 0 Å². The van der Waals surface area contributed by atoms with Crippen LogP contribution in [0, 0.1) is 0 Å². The van der Waals surface area contributed by atoms with Gasteiger partial charge in [0, 0.05) is 18.2 Å². The Hall–Kier alpha value is -2.87. The van der Waals surface area contributed by atoms with Gasteiger partial charge in [-0.05, 0) is 37.1 Å². The second-order valence-corrected chi connectivity index (χ2v) is 8.00. The predicted molar refractivity (Wildman–Crippen MR) is 102 cm³/mol. The Labute approximate surface area is 165 Å². The van der Waals surface area contributed by atoms with Gasteiger partial charge in [0.1, 0.15) is 11.6 Å². The van der Waals surface area contributed by atoms with Crippen LogP contribution >= 0.6 is 11.8 Å². The van der Waals surface area contributed by atoms with Crippen LogP contribution in [0.2, 0.25) is 0 Å². The van der Waals surface area contributed by atoms with Gasteiger partial charge in [-0.25, -0.2) is 0 Å². The summed E-state index contributed by atoms with van der Waals surface area (Å²) in [5, 5.41) is 9.51. The van der Waals surface area contributed by atoms with Crippen LogP contribution in [-0.2, 0) is 6.54 Å². The van der Waals surface area contributed by atoms with Crippen LogP contribution in [0.15, 0.2) is 52.2 Å². The molecule has 0 unspecified atom stereocenters. The van der Waals surface area contributed by atoms with E-state index in [2.05, 4.69) is 14.8 Å². The number of thioether (sulfide) groups is 1. The lowest BCUT2D eigenvalue weighted by Gasteiger charge is -2.13. The van der Waals surface area contributed by atoms with E-state index in [0.717, 1.165) is 29.6 Å². The van der Waals surface area contributed by atoms with Gasteiger partial charge in [0.25, 0.3) is 11.8 Å². The number of amides is 2. The molecule has 1 aliphatic carbocycles. The fourth-order valence-electron chi connectivity index (χ4n) is 3.43. The standard InChI is InChI=1S/C20H18N4O3S/c25-18-15-5-1-2-6-16(15)19(26)23(18)9-11-28-20-22-21-17(13-7-8-13)24(20)12-14-4-3-10-27-14/h1-6,10,13H,7-9,11-12H2. The number of benzene rings is 1. The van der Waals surface area contributed by atoms with Crippen molar-refractivity contribution < 1.29 is 14.0 Å². The lowest BCUT2D eigenvalue weighted by molar-refractivity contribution is 0.0664. The lowest BCUT2D eigenvalue weighted by Crippen LogP contribution is -2.31. The van der Waals surface area contributed by atoms with E-state index in [-0.39, 0.29) is 11.8 Å². The van der Waals surface area contributed by atoms with Crippen molar-refractivity contribution >= 4 is 23.6 Å². The quantitative estimate of drug-likeness (QED) is 0.452. The second-order valence-electron chi connectivity index (χ2n) is 6.94. The number of fused-ring (bicyclic) bond motifs is 1. The van der Waals surface area contributed by atoms with Crippen molar-refractivity contribution in [1.29, 1.82) is 0 Å². The third-order valence-corrected chi connectivity index (χ3v) is 5.95. The van der Waals surface area contributed by atoms with Gasteiger partial charge in [-0.15, -0.1) is 10.2 Å². The Balaban J connectivity index is 1.29. The van der Waals surface area contributed by atoms with E-state index < -0.39 is 0 Å². The summed E-state index contributed by atoms with van der Waals surface area (Å²) in [4.78, 5) is 26.3. The first-order valence-corrected chi connectivity index (χ1v) is 10.2. The summed E-state index contributed by atoms with van der Waals surface area (Å²) in [7, 11) is 0. The van der Waals surface area contributed by atoms with Crippen LogP contribution in [0.3, 0.4) is 0 Å². The highest BCUT2D eigenvalue weighted by Gasteiger charge is 2.35. The Morgan fingerprint density at radius 3 is 2.43 bits per heavy atom. The fourth-order valence-corrected chi connectivity index (χ4v) is 4.30. The zero-order chi connectivity index (χ0) is 19.1. The Kier molecular flexibility index (Phi) is 4.27. The molecule has 0 saturated heterocycles. The van der Waals surface area contributed by atoms with Crippen LogP contribution in [0.25, 0.3) is 0 Å². The third-order valence-electron chi connectivity index (χ3n) is 5.01. The number of carbonyl (C=O) groups excluding carboxylic acids is 2. The summed E-state index contributed by atoms with van der Waals surface area (Å²) < 4.78 is 7.57. The molecule has 3 aromatic rings. The number of hydrogen-bond acceptors (Lipinski definition) is 6. The summed E-state index contributed by atoms with van der Waals surface area (Å²) in [5.74, 6) is 2.41. The third kappa shape index (κ3) is 3.03. The molecule has 0 N–H and O–H groups in total. The monoisotopic (exact) mass is 394 g/mol. The second kappa shape index (κ2) is 6.94. The van der Waals surface area contributed by atoms with Gasteiger partial charge in [0.15, 0.2) is 5.16 Å². The number of carbonyl (C=O) groups is 2. The van der Waals surface area contributed by atoms with Crippen LogP contribution < -0.4 is 0 Å². The van der Waals surface area contributed by atoms with Crippen LogP contribution in [-0.4, -0.2) is 43.8 Å². The topological polar surface area (TPSA) is 81.2 Å². The van der Waals surface area contributed by atoms with Gasteiger partial charge < -0.3 is 4.42 Å². The molecule has 3 heterocycles. The number of aromatic nitrogens is 3. The average Bonchev–Trinajstić information content (AvgIpc) is 3.19. The maximum absolute atomic E-state index is 12.5. The molecular formula is C20H18N4O3S. The van der Waals surface area contributed by atoms with E-state index in [1.165, 1.54) is 16.7 Å². The zero-order valence-corrected chi connectivity index (χ0v) is 15.9.